The second-order valence-corrected chi connectivity index (χ2v) is 6.11. The molecule has 0 aliphatic rings. The predicted molar refractivity (Wildman–Crippen MR) is 97.2 cm³/mol. The molecule has 0 fully saturated rings. The van der Waals surface area contributed by atoms with E-state index < -0.39 is 0 Å². The number of para-hydroxylation sites is 1. The van der Waals surface area contributed by atoms with Crippen molar-refractivity contribution in [2.45, 2.75) is 0 Å². The van der Waals surface area contributed by atoms with Crippen LogP contribution >= 0.6 is 11.3 Å². The van der Waals surface area contributed by atoms with Gasteiger partial charge in [-0.05, 0) is 24.3 Å². The van der Waals surface area contributed by atoms with Crippen LogP contribution in [0.1, 0.15) is 10.4 Å². The molecule has 0 aliphatic heterocycles. The fourth-order valence-corrected chi connectivity index (χ4v) is 3.36. The van der Waals surface area contributed by atoms with Crippen LogP contribution in [-0.2, 0) is 0 Å². The number of fused-ring (bicyclic) bond motifs is 1. The van der Waals surface area contributed by atoms with Gasteiger partial charge in [-0.3, -0.25) is 10.1 Å². The standard InChI is InChI=1S/C18H14N4O2S/c1-24-15-10-6-5-9-13(15)14-11-25-18-20-17(21-22(14)18)19-16(23)12-7-3-2-4-8-12/h2-11H,1H3,(H,19,21,23). The van der Waals surface area contributed by atoms with Gasteiger partial charge in [0, 0.05) is 16.5 Å². The smallest absolute Gasteiger partial charge is 0.258 e. The molecule has 0 saturated heterocycles. The number of hydrogen-bond donors (Lipinski definition) is 1. The minimum atomic E-state index is -0.238. The molecule has 25 heavy (non-hydrogen) atoms. The van der Waals surface area contributed by atoms with Crippen LogP contribution in [0.3, 0.4) is 0 Å². The molecule has 1 N–H and O–H groups in total. The van der Waals surface area contributed by atoms with Gasteiger partial charge in [0.25, 0.3) is 11.9 Å². The van der Waals surface area contributed by atoms with E-state index in [9.17, 15) is 4.79 Å². The molecule has 4 rings (SSSR count). The first-order valence-electron chi connectivity index (χ1n) is 7.60. The number of amides is 1. The normalized spacial score (nSPS) is 10.8. The Kier molecular flexibility index (Phi) is 3.91. The van der Waals surface area contributed by atoms with Gasteiger partial charge < -0.3 is 4.74 Å². The maximum Gasteiger partial charge on any atom is 0.258 e. The zero-order valence-electron chi connectivity index (χ0n) is 13.3. The van der Waals surface area contributed by atoms with Crippen molar-refractivity contribution in [3.63, 3.8) is 0 Å². The van der Waals surface area contributed by atoms with Gasteiger partial charge in [-0.2, -0.15) is 4.98 Å². The molecule has 1 amide bonds. The first-order chi connectivity index (χ1) is 12.3. The van der Waals surface area contributed by atoms with Crippen LogP contribution in [0.4, 0.5) is 5.95 Å². The Bertz CT molecular complexity index is 1040. The predicted octanol–water partition coefficient (Wildman–Crippen LogP) is 3.72. The minimum absolute atomic E-state index is 0.238. The fraction of sp³-hybridized carbons (Fsp3) is 0.0556. The molecular formula is C18H14N4O2S. The Morgan fingerprint density at radius 2 is 1.88 bits per heavy atom. The van der Waals surface area contributed by atoms with E-state index in [0.717, 1.165) is 17.0 Å². The van der Waals surface area contributed by atoms with Crippen molar-refractivity contribution in [2.75, 3.05) is 12.4 Å². The van der Waals surface area contributed by atoms with Crippen molar-refractivity contribution < 1.29 is 9.53 Å². The van der Waals surface area contributed by atoms with Gasteiger partial charge in [-0.15, -0.1) is 16.4 Å². The largest absolute Gasteiger partial charge is 0.496 e. The Morgan fingerprint density at radius 3 is 2.68 bits per heavy atom. The van der Waals surface area contributed by atoms with Crippen molar-refractivity contribution in [2.24, 2.45) is 0 Å². The van der Waals surface area contributed by atoms with Crippen LogP contribution in [-0.4, -0.2) is 27.6 Å². The summed E-state index contributed by atoms with van der Waals surface area (Å²) in [5.41, 5.74) is 2.35. The number of carbonyl (C=O) groups is 1. The number of aromatic nitrogens is 3. The van der Waals surface area contributed by atoms with Crippen LogP contribution in [0.25, 0.3) is 16.2 Å². The molecule has 0 bridgehead atoms. The van der Waals surface area contributed by atoms with Crippen LogP contribution in [0, 0.1) is 0 Å². The summed E-state index contributed by atoms with van der Waals surface area (Å²) in [5.74, 6) is 0.794. The molecule has 0 saturated carbocycles. The van der Waals surface area contributed by atoms with E-state index in [-0.39, 0.29) is 11.9 Å². The van der Waals surface area contributed by atoms with Crippen LogP contribution in [0.2, 0.25) is 0 Å². The number of carbonyl (C=O) groups excluding carboxylic acids is 1. The van der Waals surface area contributed by atoms with E-state index in [4.69, 9.17) is 4.74 Å². The Hall–Kier alpha value is -3.19. The third-order valence-corrected chi connectivity index (χ3v) is 4.54. The van der Waals surface area contributed by atoms with Crippen LogP contribution < -0.4 is 10.1 Å². The highest BCUT2D eigenvalue weighted by Gasteiger charge is 2.16. The molecule has 0 radical (unpaired) electrons. The number of thiazole rings is 1. The van der Waals surface area contributed by atoms with Crippen molar-refractivity contribution in [3.05, 3.63) is 65.5 Å². The quantitative estimate of drug-likeness (QED) is 0.609. The Balaban J connectivity index is 1.68. The molecule has 4 aromatic rings. The molecule has 0 spiro atoms. The van der Waals surface area contributed by atoms with Crippen molar-refractivity contribution >= 4 is 28.2 Å². The topological polar surface area (TPSA) is 68.5 Å². The summed E-state index contributed by atoms with van der Waals surface area (Å²) in [4.78, 5) is 17.3. The fourth-order valence-electron chi connectivity index (χ4n) is 2.54. The Morgan fingerprint density at radius 1 is 1.12 bits per heavy atom. The summed E-state index contributed by atoms with van der Waals surface area (Å²) >= 11 is 1.45. The second-order valence-electron chi connectivity index (χ2n) is 5.27. The van der Waals surface area contributed by atoms with E-state index in [2.05, 4.69) is 15.4 Å². The summed E-state index contributed by atoms with van der Waals surface area (Å²) < 4.78 is 7.13. The van der Waals surface area contributed by atoms with Crippen molar-refractivity contribution in [1.29, 1.82) is 0 Å². The van der Waals surface area contributed by atoms with Crippen LogP contribution in [0.5, 0.6) is 5.75 Å². The lowest BCUT2D eigenvalue weighted by atomic mass is 10.1. The van der Waals surface area contributed by atoms with E-state index >= 15 is 0 Å². The van der Waals surface area contributed by atoms with Gasteiger partial charge >= 0.3 is 0 Å². The summed E-state index contributed by atoms with van der Waals surface area (Å²) in [6, 6.07) is 16.7. The van der Waals surface area contributed by atoms with Gasteiger partial charge in [-0.1, -0.05) is 30.3 Å². The molecule has 124 valence electrons. The molecule has 7 heteroatoms. The summed E-state index contributed by atoms with van der Waals surface area (Å²) in [6.07, 6.45) is 0. The van der Waals surface area contributed by atoms with Crippen molar-refractivity contribution in [3.8, 4) is 17.0 Å². The van der Waals surface area contributed by atoms with Gasteiger partial charge in [0.1, 0.15) is 5.75 Å². The lowest BCUT2D eigenvalue weighted by Gasteiger charge is -2.06. The number of methoxy groups -OCH3 is 1. The highest BCUT2D eigenvalue weighted by atomic mass is 32.1. The van der Waals surface area contributed by atoms with Gasteiger partial charge in [0.2, 0.25) is 4.96 Å². The summed E-state index contributed by atoms with van der Waals surface area (Å²) in [7, 11) is 1.63. The maximum atomic E-state index is 12.3. The summed E-state index contributed by atoms with van der Waals surface area (Å²) in [6.45, 7) is 0. The third-order valence-electron chi connectivity index (χ3n) is 3.73. The van der Waals surface area contributed by atoms with E-state index in [1.807, 2.05) is 47.8 Å². The number of anilines is 1. The maximum absolute atomic E-state index is 12.3. The lowest BCUT2D eigenvalue weighted by molar-refractivity contribution is 0.102. The van der Waals surface area contributed by atoms with Crippen LogP contribution in [0.15, 0.2) is 60.0 Å². The third kappa shape index (κ3) is 2.85. The molecule has 6 nitrogen and oxygen atoms in total. The molecule has 0 atom stereocenters. The van der Waals surface area contributed by atoms with E-state index in [1.165, 1.54) is 11.3 Å². The number of rotatable bonds is 4. The highest BCUT2D eigenvalue weighted by Crippen LogP contribution is 2.32. The Labute approximate surface area is 147 Å². The monoisotopic (exact) mass is 350 g/mol. The highest BCUT2D eigenvalue weighted by molar-refractivity contribution is 7.15. The molecule has 2 aromatic heterocycles. The number of hydrogen-bond acceptors (Lipinski definition) is 5. The molecular weight excluding hydrogens is 336 g/mol. The van der Waals surface area contributed by atoms with Gasteiger partial charge in [0.05, 0.1) is 12.8 Å². The zero-order valence-corrected chi connectivity index (χ0v) is 14.2. The molecule has 2 aromatic carbocycles. The number of nitrogens with zero attached hydrogens (tertiary/aromatic N) is 3. The SMILES string of the molecule is COc1ccccc1-c1csc2nc(NC(=O)c3ccccc3)nn12. The first-order valence-corrected chi connectivity index (χ1v) is 8.48. The first kappa shape index (κ1) is 15.3. The molecule has 0 unspecified atom stereocenters. The second kappa shape index (κ2) is 6.37. The van der Waals surface area contributed by atoms with E-state index in [0.29, 0.717) is 10.5 Å². The van der Waals surface area contributed by atoms with Gasteiger partial charge in [0.15, 0.2) is 0 Å². The zero-order chi connectivity index (χ0) is 17.2. The van der Waals surface area contributed by atoms with E-state index in [1.54, 1.807) is 23.8 Å². The summed E-state index contributed by atoms with van der Waals surface area (Å²) in [5, 5.41) is 9.12. The van der Waals surface area contributed by atoms with Gasteiger partial charge in [-0.25, -0.2) is 4.52 Å². The number of nitrogens with one attached hydrogen (secondary N) is 1. The van der Waals surface area contributed by atoms with Crippen molar-refractivity contribution in [1.82, 2.24) is 14.6 Å². The molecule has 0 aliphatic carbocycles. The minimum Gasteiger partial charge on any atom is -0.496 e. The lowest BCUT2D eigenvalue weighted by Crippen LogP contribution is -2.12. The molecule has 2 heterocycles. The average Bonchev–Trinajstić information content (AvgIpc) is 3.22. The average molecular weight is 350 g/mol. The number of ether oxygens (including phenoxy) is 1. The number of benzene rings is 2.